The first-order valence-corrected chi connectivity index (χ1v) is 8.56. The highest BCUT2D eigenvalue weighted by atomic mass is 35.5. The zero-order valence-electron chi connectivity index (χ0n) is 11.7. The minimum absolute atomic E-state index is 0.0540. The first-order valence-electron chi connectivity index (χ1n) is 6.41. The molecule has 0 amide bonds. The largest absolute Gasteiger partial charge is 0.329 e. The third-order valence-electron chi connectivity index (χ3n) is 3.45. The van der Waals surface area contributed by atoms with Crippen LogP contribution >= 0.6 is 35.0 Å². The van der Waals surface area contributed by atoms with Crippen LogP contribution in [0.4, 0.5) is 0 Å². The van der Waals surface area contributed by atoms with E-state index in [9.17, 15) is 0 Å². The van der Waals surface area contributed by atoms with Crippen LogP contribution in [0.5, 0.6) is 0 Å². The number of nitrogens with zero attached hydrogens (tertiary/aromatic N) is 1. The lowest BCUT2D eigenvalue weighted by molar-refractivity contribution is 0.188. The number of thioether (sulfide) groups is 1. The molecule has 1 aromatic carbocycles. The first kappa shape index (κ1) is 17.1. The van der Waals surface area contributed by atoms with Gasteiger partial charge in [0.25, 0.3) is 0 Å². The molecule has 0 spiro atoms. The molecule has 0 aliphatic rings. The molecule has 0 saturated carbocycles. The van der Waals surface area contributed by atoms with Crippen molar-refractivity contribution < 1.29 is 0 Å². The molecule has 0 heterocycles. The summed E-state index contributed by atoms with van der Waals surface area (Å²) < 4.78 is 0. The van der Waals surface area contributed by atoms with Crippen LogP contribution in [0.3, 0.4) is 0 Å². The second kappa shape index (κ2) is 8.38. The van der Waals surface area contributed by atoms with E-state index >= 15 is 0 Å². The van der Waals surface area contributed by atoms with E-state index in [0.717, 1.165) is 17.7 Å². The van der Waals surface area contributed by atoms with Gasteiger partial charge >= 0.3 is 0 Å². The van der Waals surface area contributed by atoms with Gasteiger partial charge in [-0.05, 0) is 31.9 Å². The summed E-state index contributed by atoms with van der Waals surface area (Å²) >= 11 is 14.4. The van der Waals surface area contributed by atoms with Crippen molar-refractivity contribution in [3.05, 3.63) is 33.8 Å². The van der Waals surface area contributed by atoms with Crippen LogP contribution in [0.2, 0.25) is 10.0 Å². The molecule has 1 aromatic rings. The summed E-state index contributed by atoms with van der Waals surface area (Å²) in [6.07, 6.45) is 3.20. The van der Waals surface area contributed by atoms with E-state index in [-0.39, 0.29) is 6.04 Å². The van der Waals surface area contributed by atoms with Gasteiger partial charge in [0.2, 0.25) is 0 Å². The summed E-state index contributed by atoms with van der Waals surface area (Å²) in [6.45, 7) is 2.70. The predicted molar refractivity (Wildman–Crippen MR) is 88.5 cm³/mol. The monoisotopic (exact) mass is 320 g/mol. The number of halogens is 2. The van der Waals surface area contributed by atoms with Crippen molar-refractivity contribution in [1.29, 1.82) is 0 Å². The lowest BCUT2D eigenvalue weighted by Crippen LogP contribution is -2.40. The molecule has 0 fully saturated rings. The third kappa shape index (κ3) is 4.27. The Hall–Kier alpha value is 0.0700. The zero-order chi connectivity index (χ0) is 14.4. The molecule has 0 aromatic heterocycles. The van der Waals surface area contributed by atoms with Crippen LogP contribution in [-0.4, -0.2) is 36.5 Å². The Morgan fingerprint density at radius 3 is 2.32 bits per heavy atom. The maximum Gasteiger partial charge on any atom is 0.0500 e. The van der Waals surface area contributed by atoms with Crippen molar-refractivity contribution in [2.75, 3.05) is 25.6 Å². The van der Waals surface area contributed by atoms with Crippen molar-refractivity contribution in [1.82, 2.24) is 4.90 Å². The fourth-order valence-electron chi connectivity index (χ4n) is 2.29. The van der Waals surface area contributed by atoms with E-state index in [1.807, 2.05) is 30.0 Å². The summed E-state index contributed by atoms with van der Waals surface area (Å²) in [5.74, 6) is 1.07. The minimum atomic E-state index is 0.0540. The van der Waals surface area contributed by atoms with Crippen molar-refractivity contribution in [2.45, 2.75) is 25.4 Å². The molecular weight excluding hydrogens is 299 g/mol. The maximum atomic E-state index is 6.30. The van der Waals surface area contributed by atoms with Crippen LogP contribution in [-0.2, 0) is 0 Å². The van der Waals surface area contributed by atoms with Crippen LogP contribution < -0.4 is 5.73 Å². The smallest absolute Gasteiger partial charge is 0.0500 e. The molecule has 2 nitrogen and oxygen atoms in total. The van der Waals surface area contributed by atoms with Crippen LogP contribution in [0.15, 0.2) is 18.2 Å². The Balaban J connectivity index is 3.05. The lowest BCUT2D eigenvalue weighted by atomic mass is 10.0. The number of benzene rings is 1. The van der Waals surface area contributed by atoms with Gasteiger partial charge in [-0.2, -0.15) is 11.8 Å². The van der Waals surface area contributed by atoms with E-state index in [2.05, 4.69) is 25.1 Å². The average Bonchev–Trinajstić information content (AvgIpc) is 2.39. The highest BCUT2D eigenvalue weighted by molar-refractivity contribution is 7.98. The SMILES string of the molecule is CCC(CSC)N(C)C(CN)c1c(Cl)cccc1Cl. The topological polar surface area (TPSA) is 29.3 Å². The van der Waals surface area contributed by atoms with Gasteiger partial charge in [-0.1, -0.05) is 36.2 Å². The summed E-state index contributed by atoms with van der Waals surface area (Å²) in [7, 11) is 2.10. The summed E-state index contributed by atoms with van der Waals surface area (Å²) in [5, 5.41) is 1.38. The highest BCUT2D eigenvalue weighted by Gasteiger charge is 2.25. The minimum Gasteiger partial charge on any atom is -0.329 e. The van der Waals surface area contributed by atoms with E-state index in [0.29, 0.717) is 22.6 Å². The molecule has 19 heavy (non-hydrogen) atoms. The fourth-order valence-corrected chi connectivity index (χ4v) is 3.79. The Labute approximate surface area is 130 Å². The van der Waals surface area contributed by atoms with Gasteiger partial charge in [0, 0.05) is 40.0 Å². The average molecular weight is 321 g/mol. The molecule has 0 bridgehead atoms. The molecule has 0 aliphatic carbocycles. The van der Waals surface area contributed by atoms with E-state index in [1.165, 1.54) is 0 Å². The third-order valence-corrected chi connectivity index (χ3v) is 4.83. The Kier molecular flexibility index (Phi) is 7.55. The van der Waals surface area contributed by atoms with Crippen molar-refractivity contribution in [2.24, 2.45) is 5.73 Å². The fraction of sp³-hybridized carbons (Fsp3) is 0.571. The van der Waals surface area contributed by atoms with E-state index in [4.69, 9.17) is 28.9 Å². The number of likely N-dealkylation sites (N-methyl/N-ethyl adjacent to an activating group) is 1. The molecule has 0 aliphatic heterocycles. The first-order chi connectivity index (χ1) is 9.06. The van der Waals surface area contributed by atoms with Crippen LogP contribution in [0, 0.1) is 0 Å². The zero-order valence-corrected chi connectivity index (χ0v) is 14.0. The normalized spacial score (nSPS) is 14.7. The Morgan fingerprint density at radius 2 is 1.89 bits per heavy atom. The van der Waals surface area contributed by atoms with Crippen molar-refractivity contribution >= 4 is 35.0 Å². The molecule has 1 rings (SSSR count). The second-order valence-electron chi connectivity index (χ2n) is 4.57. The van der Waals surface area contributed by atoms with E-state index < -0.39 is 0 Å². The Morgan fingerprint density at radius 1 is 1.32 bits per heavy atom. The lowest BCUT2D eigenvalue weighted by Gasteiger charge is -2.35. The van der Waals surface area contributed by atoms with Gasteiger partial charge in [0.15, 0.2) is 0 Å². The second-order valence-corrected chi connectivity index (χ2v) is 6.29. The molecule has 2 N–H and O–H groups in total. The summed E-state index contributed by atoms with van der Waals surface area (Å²) in [4.78, 5) is 2.30. The van der Waals surface area contributed by atoms with E-state index in [1.54, 1.807) is 0 Å². The van der Waals surface area contributed by atoms with Gasteiger partial charge in [0.05, 0.1) is 0 Å². The molecule has 0 saturated heterocycles. The van der Waals surface area contributed by atoms with Gasteiger partial charge in [-0.15, -0.1) is 0 Å². The van der Waals surface area contributed by atoms with Crippen LogP contribution in [0.25, 0.3) is 0 Å². The molecular formula is C14H22Cl2N2S. The predicted octanol–water partition coefficient (Wildman–Crippen LogP) is 4.07. The van der Waals surface area contributed by atoms with Gasteiger partial charge in [-0.25, -0.2) is 0 Å². The van der Waals surface area contributed by atoms with Crippen LogP contribution in [0.1, 0.15) is 24.9 Å². The Bertz CT molecular complexity index is 381. The highest BCUT2D eigenvalue weighted by Crippen LogP contribution is 2.34. The standard InChI is InChI=1S/C14H22Cl2N2S/c1-4-10(9-19-3)18(2)13(8-17)14-11(15)6-5-7-12(14)16/h5-7,10,13H,4,8-9,17H2,1-3H3. The molecule has 5 heteroatoms. The quantitative estimate of drug-likeness (QED) is 0.821. The molecule has 108 valence electrons. The van der Waals surface area contributed by atoms with Crippen molar-refractivity contribution in [3.8, 4) is 0 Å². The van der Waals surface area contributed by atoms with Gasteiger partial charge in [-0.3, -0.25) is 4.90 Å². The van der Waals surface area contributed by atoms with Gasteiger partial charge < -0.3 is 5.73 Å². The number of nitrogens with two attached hydrogens (primary N) is 1. The summed E-state index contributed by atoms with van der Waals surface area (Å²) in [5.41, 5.74) is 6.91. The number of hydrogen-bond donors (Lipinski definition) is 1. The number of hydrogen-bond acceptors (Lipinski definition) is 3. The maximum absolute atomic E-state index is 6.30. The summed E-state index contributed by atoms with van der Waals surface area (Å²) in [6, 6.07) is 6.12. The molecule has 2 unspecified atom stereocenters. The van der Waals surface area contributed by atoms with Crippen molar-refractivity contribution in [3.63, 3.8) is 0 Å². The van der Waals surface area contributed by atoms with Gasteiger partial charge in [0.1, 0.15) is 0 Å². The molecule has 0 radical (unpaired) electrons. The number of rotatable bonds is 7. The molecule has 2 atom stereocenters.